The minimum atomic E-state index is -1.75. The number of nitrogens with zero attached hydrogens (tertiary/aromatic N) is 4. The number of halogens is 2. The van der Waals surface area contributed by atoms with Crippen molar-refractivity contribution in [3.05, 3.63) is 61.3 Å². The molecule has 0 fully saturated rings. The molecule has 0 aromatic rings. The first-order chi connectivity index (χ1) is 15.8. The summed E-state index contributed by atoms with van der Waals surface area (Å²) in [7, 11) is 9.22. The van der Waals surface area contributed by atoms with Crippen LogP contribution in [0.5, 0.6) is 0 Å². The monoisotopic (exact) mass is 1210 g/mol. The molecule has 0 aromatic heterocycles. The molecular formula is C10H46Cl2N14O12Pt3. The van der Waals surface area contributed by atoms with Gasteiger partial charge in [-0.05, 0) is 51.9 Å². The van der Waals surface area contributed by atoms with Gasteiger partial charge in [-0.3, -0.25) is 0 Å². The van der Waals surface area contributed by atoms with Crippen LogP contribution in [-0.2, 0) is 58.6 Å². The number of hydrogen-bond acceptors (Lipinski definition) is 22. The summed E-state index contributed by atoms with van der Waals surface area (Å²) in [5.41, 5.74) is 20.9. The van der Waals surface area contributed by atoms with Crippen LogP contribution in [0.4, 0.5) is 0 Å². The van der Waals surface area contributed by atoms with Crippen LogP contribution in [-0.4, -0.2) is 46.5 Å². The predicted molar refractivity (Wildman–Crippen MR) is 147 cm³/mol. The van der Waals surface area contributed by atoms with Crippen molar-refractivity contribution in [2.75, 3.05) is 26.2 Å². The number of rotatable bonds is 8. The van der Waals surface area contributed by atoms with E-state index in [1.807, 2.05) is 0 Å². The molecule has 41 heavy (non-hydrogen) atoms. The molecule has 0 aliphatic rings. The third-order valence-electron chi connectivity index (χ3n) is 1.82. The van der Waals surface area contributed by atoms with E-state index in [1.54, 1.807) is 37.5 Å². The van der Waals surface area contributed by atoms with E-state index in [9.17, 15) is 0 Å². The molecule has 0 heterocycles. The predicted octanol–water partition coefficient (Wildman–Crippen LogP) is 1.54. The van der Waals surface area contributed by atoms with Crippen LogP contribution in [0.15, 0.2) is 0 Å². The van der Waals surface area contributed by atoms with Gasteiger partial charge in [0.15, 0.2) is 0 Å². The van der Waals surface area contributed by atoms with Gasteiger partial charge in [0, 0.05) is 0 Å². The fourth-order valence-electron chi connectivity index (χ4n) is 0.931. The smallest absolute Gasteiger partial charge is 2.00 e. The summed E-state index contributed by atoms with van der Waals surface area (Å²) in [6.07, 6.45) is 6.86. The molecule has 0 aliphatic carbocycles. The normalized spacial score (nSPS) is 5.90. The second-order valence-electron chi connectivity index (χ2n) is 4.17. The van der Waals surface area contributed by atoms with Gasteiger partial charge in [-0.2, -0.15) is 0 Å². The molecule has 0 aromatic carbocycles. The Bertz CT molecular complexity index is 331. The van der Waals surface area contributed by atoms with Crippen molar-refractivity contribution < 1.29 is 79.0 Å². The first-order valence-corrected chi connectivity index (χ1v) is 13.7. The maximum absolute atomic E-state index is 8.25. The maximum atomic E-state index is 8.25. The summed E-state index contributed by atoms with van der Waals surface area (Å²) in [5.74, 6) is 0. The van der Waals surface area contributed by atoms with Gasteiger partial charge in [0.25, 0.3) is 0 Å². The molecule has 272 valence electrons. The van der Waals surface area contributed by atoms with Gasteiger partial charge < -0.3 is 121 Å². The first-order valence-electron chi connectivity index (χ1n) is 8.06. The first kappa shape index (κ1) is 97.3. The second kappa shape index (κ2) is 128. The summed E-state index contributed by atoms with van der Waals surface area (Å²) >= 11 is 3.22. The Labute approximate surface area is 282 Å². The Morgan fingerprint density at radius 2 is 0.463 bits per heavy atom. The minimum Gasteiger partial charge on any atom is 2.00 e. The molecule has 31 heteroatoms. The Hall–Kier alpha value is -0.955. The summed E-state index contributed by atoms with van der Waals surface area (Å²) in [6, 6.07) is 0. The quantitative estimate of drug-likeness (QED) is 0.0936. The van der Waals surface area contributed by atoms with Crippen molar-refractivity contribution in [2.45, 2.75) is 38.5 Å². The van der Waals surface area contributed by atoms with Gasteiger partial charge in [0.1, 0.15) is 0 Å². The SMILES string of the molecule is N.N.N.N.N.N.NCCCCCN.NCCCCCN.O=[N+]([O-])[O-].O=[N+]([O-])[O-].O=[N+]([O-])[O-].O=[N+]([O-])[O-].[Cl][Pt+].[Cl][Pt+].[Pt+2]. The van der Waals surface area contributed by atoms with Gasteiger partial charge in [0.2, 0.25) is 0 Å². The van der Waals surface area contributed by atoms with Crippen LogP contribution < -0.4 is 59.8 Å². The average Bonchev–Trinajstić information content (AvgIpc) is 2.71. The zero-order valence-electron chi connectivity index (χ0n) is 22.0. The van der Waals surface area contributed by atoms with Crippen molar-refractivity contribution in [1.29, 1.82) is 0 Å². The number of unbranched alkanes of at least 4 members (excludes halogenated alkanes) is 4. The number of hydrogen-bond donors (Lipinski definition) is 10. The molecule has 26 nitrogen and oxygen atoms in total. The summed E-state index contributed by atoms with van der Waals surface area (Å²) < 4.78 is 0. The molecule has 0 unspecified atom stereocenters. The van der Waals surface area contributed by atoms with E-state index >= 15 is 0 Å². The van der Waals surface area contributed by atoms with E-state index in [2.05, 4.69) is 18.8 Å². The van der Waals surface area contributed by atoms with E-state index in [4.69, 9.17) is 84.2 Å². The van der Waals surface area contributed by atoms with Gasteiger partial charge >= 0.3 is 77.4 Å². The van der Waals surface area contributed by atoms with Crippen LogP contribution in [0, 0.1) is 61.3 Å². The van der Waals surface area contributed by atoms with E-state index < -0.39 is 20.3 Å². The van der Waals surface area contributed by atoms with Crippen LogP contribution in [0.1, 0.15) is 38.5 Å². The van der Waals surface area contributed by atoms with Crippen molar-refractivity contribution >= 4 is 18.8 Å². The molecule has 0 saturated carbocycles. The molecule has 0 aliphatic heterocycles. The van der Waals surface area contributed by atoms with E-state index in [0.29, 0.717) is 0 Å². The maximum Gasteiger partial charge on any atom is 2.00 e. The Kier molecular flexibility index (Phi) is 303. The standard InChI is InChI=1S/2C5H14N2.2ClH.4NO3.6H3N.3Pt/c2*6-4-2-1-3-5-7;;;4*2-1(3)4;;;;;;;;;/h2*1-7H2;2*1H;;;;;6*1H3;;;/q;;;;4*-1;;;;;;;3*+2/p-2. The Morgan fingerprint density at radius 1 is 0.390 bits per heavy atom. The molecule has 0 radical (unpaired) electrons. The fraction of sp³-hybridized carbons (Fsp3) is 1.00. The van der Waals surface area contributed by atoms with Gasteiger partial charge in [0.05, 0.1) is 20.3 Å². The van der Waals surface area contributed by atoms with Crippen LogP contribution in [0.25, 0.3) is 0 Å². The average molecular weight is 1210 g/mol. The molecule has 0 atom stereocenters. The minimum absolute atomic E-state index is 0. The third kappa shape index (κ3) is 1080. The number of nitrogens with two attached hydrogens (primary N) is 4. The summed E-state index contributed by atoms with van der Waals surface area (Å²) in [6.45, 7) is 3.22. The molecular weight excluding hydrogens is 1160 g/mol. The molecule has 0 saturated heterocycles. The van der Waals surface area contributed by atoms with Gasteiger partial charge in [-0.25, -0.2) is 0 Å². The molecule has 0 amide bonds. The third-order valence-corrected chi connectivity index (χ3v) is 1.82. The van der Waals surface area contributed by atoms with Crippen molar-refractivity contribution in [3.8, 4) is 0 Å². The molecule has 0 bridgehead atoms. The Balaban J connectivity index is -0.0000000146. The summed E-state index contributed by atoms with van der Waals surface area (Å²) in [4.78, 5) is 33.0. The van der Waals surface area contributed by atoms with Crippen molar-refractivity contribution in [2.24, 2.45) is 22.9 Å². The fourth-order valence-corrected chi connectivity index (χ4v) is 0.931. The van der Waals surface area contributed by atoms with Crippen molar-refractivity contribution in [3.63, 3.8) is 0 Å². The second-order valence-corrected chi connectivity index (χ2v) is 4.17. The van der Waals surface area contributed by atoms with E-state index in [1.165, 1.54) is 12.8 Å². The molecule has 0 spiro atoms. The zero-order valence-corrected chi connectivity index (χ0v) is 30.3. The van der Waals surface area contributed by atoms with E-state index in [-0.39, 0.29) is 58.0 Å². The zero-order chi connectivity index (χ0) is 29.4. The topological polar surface area (TPSA) is 579 Å². The molecule has 26 N–H and O–H groups in total. The summed E-state index contributed by atoms with van der Waals surface area (Å²) in [5, 5.41) is 59.0. The van der Waals surface area contributed by atoms with Crippen LogP contribution in [0.3, 0.4) is 0 Å². The Morgan fingerprint density at radius 3 is 0.512 bits per heavy atom. The van der Waals surface area contributed by atoms with Gasteiger partial charge in [-0.1, -0.05) is 12.8 Å². The van der Waals surface area contributed by atoms with Crippen LogP contribution in [0.2, 0.25) is 0 Å². The largest absolute Gasteiger partial charge is 2.00 e. The molecule has 0 rings (SSSR count). The van der Waals surface area contributed by atoms with Crippen molar-refractivity contribution in [1.82, 2.24) is 36.9 Å². The van der Waals surface area contributed by atoms with E-state index in [0.717, 1.165) is 51.9 Å². The van der Waals surface area contributed by atoms with Gasteiger partial charge in [-0.15, -0.1) is 0 Å². The van der Waals surface area contributed by atoms with Crippen LogP contribution >= 0.6 is 18.8 Å².